The van der Waals surface area contributed by atoms with Crippen LogP contribution in [0.3, 0.4) is 0 Å². The molecule has 0 aliphatic carbocycles. The lowest BCUT2D eigenvalue weighted by Crippen LogP contribution is -2.27. The Kier molecular flexibility index (Phi) is 4.21. The molecule has 1 N–H and O–H groups in total. The first-order valence-corrected chi connectivity index (χ1v) is 6.44. The number of anilines is 2. The van der Waals surface area contributed by atoms with Crippen molar-refractivity contribution in [2.75, 3.05) is 44.6 Å². The molecule has 2 rings (SSSR count). The van der Waals surface area contributed by atoms with Crippen molar-refractivity contribution in [3.05, 3.63) is 11.4 Å². The van der Waals surface area contributed by atoms with Gasteiger partial charge in [0.05, 0.1) is 0 Å². The Morgan fingerprint density at radius 3 is 2.16 bits per heavy atom. The lowest BCUT2D eigenvalue weighted by Gasteiger charge is -2.21. The topological polar surface area (TPSA) is 59.5 Å². The average molecular weight is 266 g/mol. The zero-order valence-electron chi connectivity index (χ0n) is 12.2. The van der Waals surface area contributed by atoms with Gasteiger partial charge in [-0.1, -0.05) is 0 Å². The number of hydrogen-bond donors (Lipinski definition) is 1. The molecule has 6 nitrogen and oxygen atoms in total. The average Bonchev–Trinajstić information content (AvgIpc) is 2.83. The monoisotopic (exact) mass is 266 g/mol. The molecule has 0 bridgehead atoms. The maximum atomic E-state index is 5.47. The van der Waals surface area contributed by atoms with Gasteiger partial charge in [-0.15, -0.1) is 0 Å². The first-order valence-electron chi connectivity index (χ1n) is 6.44. The third-order valence-corrected chi connectivity index (χ3v) is 3.59. The fourth-order valence-electron chi connectivity index (χ4n) is 2.53. The smallest absolute Gasteiger partial charge is 0.137 e. The summed E-state index contributed by atoms with van der Waals surface area (Å²) in [5.41, 5.74) is 1.06. The first-order chi connectivity index (χ1) is 9.10. The van der Waals surface area contributed by atoms with Crippen molar-refractivity contribution < 1.29 is 9.47 Å². The van der Waals surface area contributed by atoms with Crippen molar-refractivity contribution >= 4 is 11.6 Å². The number of aryl methyl sites for hydroxylation is 1. The van der Waals surface area contributed by atoms with Crippen molar-refractivity contribution in [3.8, 4) is 0 Å². The summed E-state index contributed by atoms with van der Waals surface area (Å²) in [6.07, 6.45) is 0.162. The molecule has 1 aliphatic rings. The number of methoxy groups -OCH3 is 2. The lowest BCUT2D eigenvalue weighted by atomic mass is 10.3. The molecule has 19 heavy (non-hydrogen) atoms. The third kappa shape index (κ3) is 2.64. The summed E-state index contributed by atoms with van der Waals surface area (Å²) in [4.78, 5) is 11.2. The van der Waals surface area contributed by atoms with Gasteiger partial charge >= 0.3 is 0 Å². The summed E-state index contributed by atoms with van der Waals surface area (Å²) < 4.78 is 10.9. The van der Waals surface area contributed by atoms with E-state index >= 15 is 0 Å². The second-order valence-corrected chi connectivity index (χ2v) is 4.77. The Labute approximate surface area is 114 Å². The van der Waals surface area contributed by atoms with Gasteiger partial charge < -0.3 is 19.7 Å². The van der Waals surface area contributed by atoms with E-state index in [0.717, 1.165) is 36.1 Å². The van der Waals surface area contributed by atoms with Crippen LogP contribution in [0, 0.1) is 13.8 Å². The minimum atomic E-state index is 0.0812. The predicted octanol–water partition coefficient (Wildman–Crippen LogP) is 0.985. The van der Waals surface area contributed by atoms with Crippen LogP contribution in [0.2, 0.25) is 0 Å². The van der Waals surface area contributed by atoms with Gasteiger partial charge in [-0.3, -0.25) is 0 Å². The Morgan fingerprint density at radius 2 is 1.68 bits per heavy atom. The van der Waals surface area contributed by atoms with Crippen molar-refractivity contribution in [2.24, 2.45) is 0 Å². The molecule has 0 aromatic carbocycles. The summed E-state index contributed by atoms with van der Waals surface area (Å²) >= 11 is 0. The zero-order valence-corrected chi connectivity index (χ0v) is 12.2. The van der Waals surface area contributed by atoms with Crippen LogP contribution >= 0.6 is 0 Å². The fraction of sp³-hybridized carbons (Fsp3) is 0.692. The Balaban J connectivity index is 2.30. The number of nitrogens with zero attached hydrogens (tertiary/aromatic N) is 3. The number of nitrogens with one attached hydrogen (secondary N) is 1. The third-order valence-electron chi connectivity index (χ3n) is 3.59. The van der Waals surface area contributed by atoms with E-state index < -0.39 is 0 Å². The SMILES string of the molecule is CNc1nc(C)nc(N2CC(OC)C(OC)C2)c1C. The van der Waals surface area contributed by atoms with Crippen LogP contribution < -0.4 is 10.2 Å². The molecule has 2 unspecified atom stereocenters. The molecule has 1 aromatic rings. The lowest BCUT2D eigenvalue weighted by molar-refractivity contribution is -0.00461. The minimum Gasteiger partial charge on any atom is -0.377 e. The van der Waals surface area contributed by atoms with Gasteiger partial charge in [0.25, 0.3) is 0 Å². The van der Waals surface area contributed by atoms with E-state index in [2.05, 4.69) is 20.2 Å². The molecule has 6 heteroatoms. The van der Waals surface area contributed by atoms with Crippen LogP contribution in [0.1, 0.15) is 11.4 Å². The highest BCUT2D eigenvalue weighted by molar-refractivity contribution is 5.59. The van der Waals surface area contributed by atoms with Crippen molar-refractivity contribution in [1.82, 2.24) is 9.97 Å². The highest BCUT2D eigenvalue weighted by Crippen LogP contribution is 2.27. The van der Waals surface area contributed by atoms with E-state index in [0.29, 0.717) is 0 Å². The highest BCUT2D eigenvalue weighted by atomic mass is 16.5. The van der Waals surface area contributed by atoms with Crippen LogP contribution in [-0.4, -0.2) is 56.5 Å². The first kappa shape index (κ1) is 14.0. The largest absolute Gasteiger partial charge is 0.377 e. The molecular weight excluding hydrogens is 244 g/mol. The maximum Gasteiger partial charge on any atom is 0.137 e. The zero-order chi connectivity index (χ0) is 14.0. The quantitative estimate of drug-likeness (QED) is 0.877. The molecule has 2 atom stereocenters. The molecule has 0 saturated carbocycles. The molecule has 0 amide bonds. The van der Waals surface area contributed by atoms with Gasteiger partial charge in [-0.05, 0) is 13.8 Å². The van der Waals surface area contributed by atoms with Crippen molar-refractivity contribution in [2.45, 2.75) is 26.1 Å². The predicted molar refractivity (Wildman–Crippen MR) is 74.9 cm³/mol. The van der Waals surface area contributed by atoms with E-state index in [1.807, 2.05) is 20.9 Å². The normalized spacial score (nSPS) is 22.9. The summed E-state index contributed by atoms with van der Waals surface area (Å²) in [6.45, 7) is 5.51. The Morgan fingerprint density at radius 1 is 1.11 bits per heavy atom. The summed E-state index contributed by atoms with van der Waals surface area (Å²) in [5.74, 6) is 2.59. The van der Waals surface area contributed by atoms with E-state index in [-0.39, 0.29) is 12.2 Å². The Bertz CT molecular complexity index is 441. The van der Waals surface area contributed by atoms with Gasteiger partial charge in [0.2, 0.25) is 0 Å². The summed E-state index contributed by atoms with van der Waals surface area (Å²) in [5, 5.41) is 3.11. The molecule has 1 fully saturated rings. The van der Waals surface area contributed by atoms with E-state index in [4.69, 9.17) is 9.47 Å². The molecule has 1 saturated heterocycles. The summed E-state index contributed by atoms with van der Waals surface area (Å²) in [7, 11) is 5.31. The van der Waals surface area contributed by atoms with Crippen LogP contribution in [-0.2, 0) is 9.47 Å². The number of aromatic nitrogens is 2. The van der Waals surface area contributed by atoms with Gasteiger partial charge in [-0.25, -0.2) is 9.97 Å². The molecule has 106 valence electrons. The number of rotatable bonds is 4. The van der Waals surface area contributed by atoms with Crippen molar-refractivity contribution in [1.29, 1.82) is 0 Å². The molecule has 0 spiro atoms. The van der Waals surface area contributed by atoms with Gasteiger partial charge in [0.1, 0.15) is 29.7 Å². The van der Waals surface area contributed by atoms with E-state index in [9.17, 15) is 0 Å². The number of hydrogen-bond acceptors (Lipinski definition) is 6. The standard InChI is InChI=1S/C13H22N4O2/c1-8-12(14-3)15-9(2)16-13(8)17-6-10(18-4)11(7-17)19-5/h10-11H,6-7H2,1-5H3,(H,14,15,16). The van der Waals surface area contributed by atoms with Crippen LogP contribution in [0.15, 0.2) is 0 Å². The second kappa shape index (κ2) is 5.71. The molecule has 1 aromatic heterocycles. The molecule has 0 radical (unpaired) electrons. The Hall–Kier alpha value is -1.40. The van der Waals surface area contributed by atoms with Crippen LogP contribution in [0.4, 0.5) is 11.6 Å². The van der Waals surface area contributed by atoms with Gasteiger partial charge in [0, 0.05) is 39.9 Å². The van der Waals surface area contributed by atoms with Crippen molar-refractivity contribution in [3.63, 3.8) is 0 Å². The van der Waals surface area contributed by atoms with E-state index in [1.165, 1.54) is 0 Å². The maximum absolute atomic E-state index is 5.47. The number of ether oxygens (including phenoxy) is 2. The molecular formula is C13H22N4O2. The highest BCUT2D eigenvalue weighted by Gasteiger charge is 2.34. The van der Waals surface area contributed by atoms with Gasteiger partial charge in [-0.2, -0.15) is 0 Å². The molecule has 2 heterocycles. The van der Waals surface area contributed by atoms with Crippen LogP contribution in [0.25, 0.3) is 0 Å². The van der Waals surface area contributed by atoms with Crippen LogP contribution in [0.5, 0.6) is 0 Å². The van der Waals surface area contributed by atoms with Gasteiger partial charge in [0.15, 0.2) is 0 Å². The fourth-order valence-corrected chi connectivity index (χ4v) is 2.53. The molecule has 1 aliphatic heterocycles. The summed E-state index contributed by atoms with van der Waals surface area (Å²) in [6, 6.07) is 0. The second-order valence-electron chi connectivity index (χ2n) is 4.77. The minimum absolute atomic E-state index is 0.0812. The van der Waals surface area contributed by atoms with E-state index in [1.54, 1.807) is 14.2 Å².